The second kappa shape index (κ2) is 13.1. The molecule has 1 amide bonds. The molecule has 0 bridgehead atoms. The minimum absolute atomic E-state index is 0.0852. The molecule has 0 saturated heterocycles. The lowest BCUT2D eigenvalue weighted by molar-refractivity contribution is 0.234. The van der Waals surface area contributed by atoms with E-state index in [1.54, 1.807) is 31.3 Å². The van der Waals surface area contributed by atoms with Gasteiger partial charge in [0, 0.05) is 42.8 Å². The van der Waals surface area contributed by atoms with Crippen molar-refractivity contribution in [3.05, 3.63) is 89.0 Å². The number of hydrogen-bond donors (Lipinski definition) is 2. The van der Waals surface area contributed by atoms with E-state index in [1.807, 2.05) is 44.2 Å². The monoisotopic (exact) mass is 682 g/mol. The summed E-state index contributed by atoms with van der Waals surface area (Å²) in [6.07, 6.45) is 4.65. The van der Waals surface area contributed by atoms with Gasteiger partial charge in [-0.3, -0.25) is 19.2 Å². The number of thioether (sulfide) groups is 1. The van der Waals surface area contributed by atoms with Gasteiger partial charge < -0.3 is 4.90 Å². The summed E-state index contributed by atoms with van der Waals surface area (Å²) in [7, 11) is -5.10. The van der Waals surface area contributed by atoms with E-state index in [0.717, 1.165) is 71.4 Å². The molecule has 0 unspecified atom stereocenters. The van der Waals surface area contributed by atoms with Crippen LogP contribution in [0.5, 0.6) is 0 Å². The van der Waals surface area contributed by atoms with Crippen molar-refractivity contribution >= 4 is 65.7 Å². The average molecular weight is 683 g/mol. The number of nitrogens with one attached hydrogen (secondary N) is 2. The summed E-state index contributed by atoms with van der Waals surface area (Å²) in [4.78, 5) is 19.6. The maximum atomic E-state index is 12.3. The number of aryl methyl sites for hydroxylation is 1. The zero-order chi connectivity index (χ0) is 33.3. The lowest BCUT2D eigenvalue weighted by atomic mass is 9.93. The summed E-state index contributed by atoms with van der Waals surface area (Å²) in [5.41, 5.74) is 6.84. The fourth-order valence-corrected chi connectivity index (χ4v) is 7.49. The molecule has 2 aliphatic rings. The van der Waals surface area contributed by atoms with E-state index in [2.05, 4.69) is 31.6 Å². The van der Waals surface area contributed by atoms with Crippen molar-refractivity contribution < 1.29 is 21.6 Å². The molecule has 0 fully saturated rings. The highest BCUT2D eigenvalue weighted by molar-refractivity contribution is 8.15. The van der Waals surface area contributed by atoms with Crippen LogP contribution in [0.2, 0.25) is 0 Å². The Hall–Kier alpha value is -3.88. The van der Waals surface area contributed by atoms with Gasteiger partial charge >= 0.3 is 5.24 Å². The highest BCUT2D eigenvalue weighted by atomic mass is 32.2. The third-order valence-corrected chi connectivity index (χ3v) is 9.88. The molecular weight excluding hydrogens is 645 g/mol. The van der Waals surface area contributed by atoms with Gasteiger partial charge in [0.2, 0.25) is 20.0 Å². The van der Waals surface area contributed by atoms with E-state index in [0.29, 0.717) is 24.3 Å². The molecule has 0 atom stereocenters. The number of nitrogens with zero attached hydrogens (tertiary/aromatic N) is 4. The van der Waals surface area contributed by atoms with Crippen LogP contribution < -0.4 is 14.3 Å². The molecule has 0 aliphatic carbocycles. The zero-order valence-corrected chi connectivity index (χ0v) is 28.9. The number of carbonyl (C=O) groups is 1. The Bertz CT molecular complexity index is 1910. The Kier molecular flexibility index (Phi) is 9.52. The number of rotatable bonds is 9. The summed E-state index contributed by atoms with van der Waals surface area (Å²) < 4.78 is 51.2. The molecule has 3 aromatic carbocycles. The summed E-state index contributed by atoms with van der Waals surface area (Å²) in [6.45, 7) is 5.25. The quantitative estimate of drug-likeness (QED) is 0.235. The summed E-state index contributed by atoms with van der Waals surface area (Å²) in [5, 5.41) is 5.93. The molecule has 0 aromatic heterocycles. The van der Waals surface area contributed by atoms with E-state index >= 15 is 0 Å². The number of hydrogen-bond acceptors (Lipinski definition) is 8. The minimum atomic E-state index is -3.42. The third-order valence-electron chi connectivity index (χ3n) is 7.52. The lowest BCUT2D eigenvalue weighted by Crippen LogP contribution is -2.40. The third kappa shape index (κ3) is 8.28. The first-order valence-electron chi connectivity index (χ1n) is 14.7. The van der Waals surface area contributed by atoms with E-state index in [-0.39, 0.29) is 5.24 Å². The van der Waals surface area contributed by atoms with Crippen LogP contribution in [0.1, 0.15) is 42.5 Å². The molecule has 5 rings (SSSR count). The molecule has 11 nitrogen and oxygen atoms in total. The first-order valence-corrected chi connectivity index (χ1v) is 19.3. The highest BCUT2D eigenvalue weighted by Gasteiger charge is 2.37. The van der Waals surface area contributed by atoms with Crippen LogP contribution >= 0.6 is 11.8 Å². The lowest BCUT2D eigenvalue weighted by Gasteiger charge is -2.35. The number of benzene rings is 3. The second-order valence-corrected chi connectivity index (χ2v) is 17.0. The van der Waals surface area contributed by atoms with Gasteiger partial charge in [-0.15, -0.1) is 0 Å². The number of sulfonamides is 2. The van der Waals surface area contributed by atoms with Crippen molar-refractivity contribution in [2.45, 2.75) is 37.9 Å². The van der Waals surface area contributed by atoms with Gasteiger partial charge in [0.1, 0.15) is 5.84 Å². The predicted octanol–water partition coefficient (Wildman–Crippen LogP) is 5.15. The molecule has 3 aromatic rings. The Balaban J connectivity index is 1.46. The van der Waals surface area contributed by atoms with Gasteiger partial charge in [0.15, 0.2) is 0 Å². The van der Waals surface area contributed by atoms with Crippen LogP contribution in [0.15, 0.2) is 76.8 Å². The molecule has 0 saturated carbocycles. The van der Waals surface area contributed by atoms with Crippen molar-refractivity contribution in [2.24, 2.45) is 10.1 Å². The number of hydrazone groups is 1. The number of amides is 1. The largest absolute Gasteiger partial charge is 0.326 e. The molecule has 2 N–H and O–H groups in total. The highest BCUT2D eigenvalue weighted by Crippen LogP contribution is 2.37. The number of carbonyl (C=O) groups excluding carboxylic acids is 1. The van der Waals surface area contributed by atoms with Gasteiger partial charge in [-0.2, -0.15) is 5.10 Å². The fourth-order valence-electron chi connectivity index (χ4n) is 5.49. The van der Waals surface area contributed by atoms with Crippen molar-refractivity contribution in [1.82, 2.24) is 5.01 Å². The molecule has 0 spiro atoms. The van der Waals surface area contributed by atoms with Gasteiger partial charge in [-0.05, 0) is 98.3 Å². The predicted molar refractivity (Wildman–Crippen MR) is 188 cm³/mol. The number of amidine groups is 1. The topological polar surface area (TPSA) is 141 Å². The Morgan fingerprint density at radius 3 is 2.15 bits per heavy atom. The van der Waals surface area contributed by atoms with Gasteiger partial charge in [0.25, 0.3) is 0 Å². The van der Waals surface area contributed by atoms with Crippen LogP contribution in [0.3, 0.4) is 0 Å². The Morgan fingerprint density at radius 2 is 1.54 bits per heavy atom. The van der Waals surface area contributed by atoms with Crippen molar-refractivity contribution in [2.75, 3.05) is 47.0 Å². The summed E-state index contributed by atoms with van der Waals surface area (Å²) in [5.74, 6) is 0.770. The smallest absolute Gasteiger partial charge is 0.302 e. The van der Waals surface area contributed by atoms with Crippen LogP contribution in [-0.2, 0) is 32.9 Å². The van der Waals surface area contributed by atoms with Crippen LogP contribution in [-0.4, -0.2) is 76.0 Å². The van der Waals surface area contributed by atoms with Crippen molar-refractivity contribution in [3.8, 4) is 0 Å². The SMILES string of the molecule is CN1N=C(c2ccc3c(c2)CCCN3/C(=N\CCc2ccc(NS(C)(=O)=O)cc2)c2ccc(NS(C)(=O)=O)cc2)C(C)(C)SC1=O. The minimum Gasteiger partial charge on any atom is -0.326 e. The molecule has 2 heterocycles. The van der Waals surface area contributed by atoms with Gasteiger partial charge in [-0.1, -0.05) is 30.0 Å². The molecule has 46 heavy (non-hydrogen) atoms. The standard InChI is InChI=1S/C32H38N6O5S3/c1-32(2)29(34-37(3)31(39)44-32)25-12-17-28-24(21-25)7-6-20-38(28)30(23-10-15-27(16-11-23)36-46(5,42)43)33-19-18-22-8-13-26(14-9-22)35-45(4,40)41/h8-17,21,35-36H,6-7,18-20H2,1-5H3/b33-30-. The maximum absolute atomic E-state index is 12.3. The van der Waals surface area contributed by atoms with Crippen molar-refractivity contribution in [3.63, 3.8) is 0 Å². The maximum Gasteiger partial charge on any atom is 0.302 e. The number of fused-ring (bicyclic) bond motifs is 1. The van der Waals surface area contributed by atoms with Crippen molar-refractivity contribution in [1.29, 1.82) is 0 Å². The average Bonchev–Trinajstić information content (AvgIpc) is 2.96. The number of anilines is 3. The molecular formula is C32H38N6O5S3. The second-order valence-electron chi connectivity index (χ2n) is 11.9. The molecule has 14 heteroatoms. The molecule has 0 radical (unpaired) electrons. The van der Waals surface area contributed by atoms with Crippen LogP contribution in [0, 0.1) is 0 Å². The van der Waals surface area contributed by atoms with Crippen LogP contribution in [0.4, 0.5) is 21.9 Å². The van der Waals surface area contributed by atoms with Crippen LogP contribution in [0.25, 0.3) is 0 Å². The fraction of sp³-hybridized carbons (Fsp3) is 0.344. The Labute approximate surface area is 275 Å². The first-order chi connectivity index (χ1) is 21.6. The van der Waals surface area contributed by atoms with E-state index in [9.17, 15) is 21.6 Å². The van der Waals surface area contributed by atoms with E-state index < -0.39 is 24.8 Å². The van der Waals surface area contributed by atoms with Gasteiger partial charge in [0.05, 0.1) is 23.0 Å². The zero-order valence-electron chi connectivity index (χ0n) is 26.4. The van der Waals surface area contributed by atoms with E-state index in [4.69, 9.17) is 4.99 Å². The Morgan fingerprint density at radius 1 is 0.935 bits per heavy atom. The molecule has 244 valence electrons. The van der Waals surface area contributed by atoms with Gasteiger partial charge in [-0.25, -0.2) is 21.8 Å². The molecule has 2 aliphatic heterocycles. The number of aliphatic imine (C=N–C) groups is 1. The summed E-state index contributed by atoms with van der Waals surface area (Å²) >= 11 is 1.26. The first kappa shape index (κ1) is 33.5. The normalized spacial score (nSPS) is 16.9. The summed E-state index contributed by atoms with van der Waals surface area (Å²) in [6, 6.07) is 20.7. The van der Waals surface area contributed by atoms with E-state index in [1.165, 1.54) is 16.8 Å².